The second kappa shape index (κ2) is 11.4. The van der Waals surface area contributed by atoms with Gasteiger partial charge in [-0.1, -0.05) is 95.3 Å². The van der Waals surface area contributed by atoms with E-state index >= 15 is 0 Å². The van der Waals surface area contributed by atoms with Crippen LogP contribution in [0.5, 0.6) is 0 Å². The number of nitrogens with zero attached hydrogens (tertiary/aromatic N) is 3. The van der Waals surface area contributed by atoms with Gasteiger partial charge in [-0.15, -0.1) is 0 Å². The van der Waals surface area contributed by atoms with Crippen molar-refractivity contribution in [3.05, 3.63) is 98.9 Å². The zero-order chi connectivity index (χ0) is 25.9. The third-order valence-corrected chi connectivity index (χ3v) is 8.54. The highest BCUT2D eigenvalue weighted by molar-refractivity contribution is 8.26. The first kappa shape index (κ1) is 26.0. The fraction of sp³-hybridized carbons (Fsp3) is 0.111. The molecular weight excluding hydrogens is 565 g/mol. The molecule has 1 amide bonds. The number of fused-ring (bicyclic) bond motifs is 1. The SMILES string of the molecule is O=C1/C(=C/c2ccc(Cl)cc2)SC(=S)N1CCC(=O)n1c(SCc2ccc(Cl)cc2)nc2ccccc21. The molecule has 1 saturated heterocycles. The number of imidazole rings is 1. The fourth-order valence-corrected chi connectivity index (χ4v) is 6.33. The Bertz CT molecular complexity index is 1530. The highest BCUT2D eigenvalue weighted by atomic mass is 35.5. The Balaban J connectivity index is 1.32. The average Bonchev–Trinajstić information content (AvgIpc) is 3.39. The van der Waals surface area contributed by atoms with Crippen molar-refractivity contribution >= 4 is 92.2 Å². The van der Waals surface area contributed by atoms with Crippen LogP contribution in [0.2, 0.25) is 10.0 Å². The number of hydrogen-bond donors (Lipinski definition) is 0. The van der Waals surface area contributed by atoms with E-state index in [2.05, 4.69) is 0 Å². The van der Waals surface area contributed by atoms with Crippen molar-refractivity contribution in [1.29, 1.82) is 0 Å². The van der Waals surface area contributed by atoms with Gasteiger partial charge in [-0.05, 0) is 53.6 Å². The first-order chi connectivity index (χ1) is 17.9. The van der Waals surface area contributed by atoms with Gasteiger partial charge in [-0.3, -0.25) is 19.1 Å². The predicted molar refractivity (Wildman–Crippen MR) is 157 cm³/mol. The van der Waals surface area contributed by atoms with Crippen LogP contribution in [-0.2, 0) is 10.5 Å². The number of carbonyl (C=O) groups is 2. The van der Waals surface area contributed by atoms with Gasteiger partial charge >= 0.3 is 0 Å². The maximum absolute atomic E-state index is 13.4. The molecule has 186 valence electrons. The summed E-state index contributed by atoms with van der Waals surface area (Å²) in [5.41, 5.74) is 3.41. The van der Waals surface area contributed by atoms with Crippen LogP contribution in [0, 0.1) is 0 Å². The quantitative estimate of drug-likeness (QED) is 0.127. The minimum absolute atomic E-state index is 0.107. The summed E-state index contributed by atoms with van der Waals surface area (Å²) in [6.07, 6.45) is 1.89. The fourth-order valence-electron chi connectivity index (χ4n) is 3.79. The van der Waals surface area contributed by atoms with Crippen molar-refractivity contribution in [3.63, 3.8) is 0 Å². The lowest BCUT2D eigenvalue weighted by Crippen LogP contribution is -2.31. The van der Waals surface area contributed by atoms with E-state index in [1.807, 2.05) is 60.7 Å². The molecule has 5 nitrogen and oxygen atoms in total. The number of carbonyl (C=O) groups excluding carboxylic acids is 2. The first-order valence-electron chi connectivity index (χ1n) is 11.3. The summed E-state index contributed by atoms with van der Waals surface area (Å²) in [7, 11) is 0. The number of benzene rings is 3. The molecule has 0 saturated carbocycles. The van der Waals surface area contributed by atoms with Crippen molar-refractivity contribution in [1.82, 2.24) is 14.5 Å². The van der Waals surface area contributed by atoms with E-state index in [9.17, 15) is 9.59 Å². The lowest BCUT2D eigenvalue weighted by Gasteiger charge is -2.15. The van der Waals surface area contributed by atoms with Crippen LogP contribution in [0.3, 0.4) is 0 Å². The number of thiocarbonyl (C=S) groups is 1. The molecule has 0 unspecified atom stereocenters. The van der Waals surface area contributed by atoms with Gasteiger partial charge in [0.15, 0.2) is 5.16 Å². The molecule has 1 fully saturated rings. The molecule has 0 bridgehead atoms. The largest absolute Gasteiger partial charge is 0.292 e. The van der Waals surface area contributed by atoms with Crippen LogP contribution in [-0.4, -0.2) is 37.1 Å². The Kier molecular flexibility index (Phi) is 8.02. The lowest BCUT2D eigenvalue weighted by atomic mass is 10.2. The van der Waals surface area contributed by atoms with Crippen molar-refractivity contribution in [2.45, 2.75) is 17.3 Å². The lowest BCUT2D eigenvalue weighted by molar-refractivity contribution is -0.122. The number of hydrogen-bond acceptors (Lipinski definition) is 6. The van der Waals surface area contributed by atoms with E-state index < -0.39 is 0 Å². The number of thioether (sulfide) groups is 2. The number of amides is 1. The molecule has 0 aliphatic carbocycles. The number of para-hydroxylation sites is 2. The minimum atomic E-state index is -0.203. The Morgan fingerprint density at radius 2 is 1.68 bits per heavy atom. The molecule has 0 radical (unpaired) electrons. The third kappa shape index (κ3) is 5.94. The van der Waals surface area contributed by atoms with Gasteiger partial charge in [-0.2, -0.15) is 0 Å². The highest BCUT2D eigenvalue weighted by Gasteiger charge is 2.32. The van der Waals surface area contributed by atoms with Crippen molar-refractivity contribution in [3.8, 4) is 0 Å². The zero-order valence-corrected chi connectivity index (χ0v) is 23.2. The van der Waals surface area contributed by atoms with Crippen molar-refractivity contribution in [2.24, 2.45) is 0 Å². The van der Waals surface area contributed by atoms with Crippen LogP contribution in [0.4, 0.5) is 0 Å². The maximum Gasteiger partial charge on any atom is 0.266 e. The topological polar surface area (TPSA) is 55.2 Å². The van der Waals surface area contributed by atoms with E-state index in [0.29, 0.717) is 30.2 Å². The van der Waals surface area contributed by atoms with Crippen LogP contribution < -0.4 is 0 Å². The number of aromatic nitrogens is 2. The summed E-state index contributed by atoms with van der Waals surface area (Å²) in [6.45, 7) is 0.190. The van der Waals surface area contributed by atoms with Gasteiger partial charge in [0.1, 0.15) is 4.32 Å². The van der Waals surface area contributed by atoms with Gasteiger partial charge in [0, 0.05) is 28.8 Å². The average molecular weight is 585 g/mol. The molecule has 10 heteroatoms. The molecule has 5 rings (SSSR count). The molecule has 1 aliphatic heterocycles. The van der Waals surface area contributed by atoms with Crippen molar-refractivity contribution < 1.29 is 9.59 Å². The Morgan fingerprint density at radius 3 is 2.41 bits per heavy atom. The van der Waals surface area contributed by atoms with E-state index in [0.717, 1.165) is 22.2 Å². The van der Waals surface area contributed by atoms with Crippen LogP contribution in [0.1, 0.15) is 22.3 Å². The molecule has 1 aromatic heterocycles. The zero-order valence-electron chi connectivity index (χ0n) is 19.3. The van der Waals surface area contributed by atoms with E-state index in [1.54, 1.807) is 22.8 Å². The van der Waals surface area contributed by atoms with Crippen LogP contribution in [0.25, 0.3) is 17.1 Å². The first-order valence-corrected chi connectivity index (χ1v) is 14.2. The van der Waals surface area contributed by atoms with Crippen molar-refractivity contribution in [2.75, 3.05) is 6.54 Å². The Morgan fingerprint density at radius 1 is 1.00 bits per heavy atom. The molecule has 1 aliphatic rings. The molecule has 2 heterocycles. The van der Waals surface area contributed by atoms with Gasteiger partial charge in [-0.25, -0.2) is 4.98 Å². The molecule has 0 spiro atoms. The van der Waals surface area contributed by atoms with Gasteiger partial charge in [0.25, 0.3) is 5.91 Å². The molecule has 4 aromatic rings. The highest BCUT2D eigenvalue weighted by Crippen LogP contribution is 2.33. The number of halogens is 2. The number of rotatable bonds is 7. The van der Waals surface area contributed by atoms with Crippen LogP contribution in [0.15, 0.2) is 82.9 Å². The summed E-state index contributed by atoms with van der Waals surface area (Å²) in [5.74, 6) is 0.284. The normalized spacial score (nSPS) is 14.8. The van der Waals surface area contributed by atoms with E-state index in [4.69, 9.17) is 40.4 Å². The van der Waals surface area contributed by atoms with E-state index in [1.165, 1.54) is 28.4 Å². The second-order valence-electron chi connectivity index (χ2n) is 8.16. The Labute approximate surface area is 237 Å². The molecule has 0 N–H and O–H groups in total. The smallest absolute Gasteiger partial charge is 0.266 e. The standard InChI is InChI=1S/C27H19Cl2N3O2S3/c28-19-9-5-17(6-10-19)15-23-25(34)31(27(35)37-23)14-13-24(33)32-22-4-2-1-3-21(22)30-26(32)36-16-18-7-11-20(29)12-8-18/h1-12,15H,13-14,16H2/b23-15-. The Hall–Kier alpha value is -2.62. The van der Waals surface area contributed by atoms with Crippen LogP contribution >= 0.6 is 58.9 Å². The molecular formula is C27H19Cl2N3O2S3. The maximum atomic E-state index is 13.4. The van der Waals surface area contributed by atoms with Gasteiger partial charge in [0.05, 0.1) is 15.9 Å². The third-order valence-electron chi connectivity index (χ3n) is 5.65. The monoisotopic (exact) mass is 583 g/mol. The summed E-state index contributed by atoms with van der Waals surface area (Å²) in [6, 6.07) is 22.3. The van der Waals surface area contributed by atoms with E-state index in [-0.39, 0.29) is 24.8 Å². The summed E-state index contributed by atoms with van der Waals surface area (Å²) in [4.78, 5) is 33.2. The van der Waals surface area contributed by atoms with Gasteiger partial charge in [0.2, 0.25) is 5.91 Å². The molecule has 0 atom stereocenters. The molecule has 3 aromatic carbocycles. The molecule has 37 heavy (non-hydrogen) atoms. The summed E-state index contributed by atoms with van der Waals surface area (Å²) >= 11 is 20.1. The minimum Gasteiger partial charge on any atom is -0.292 e. The second-order valence-corrected chi connectivity index (χ2v) is 11.7. The predicted octanol–water partition coefficient (Wildman–Crippen LogP) is 7.57. The van der Waals surface area contributed by atoms with Gasteiger partial charge < -0.3 is 0 Å². The summed E-state index contributed by atoms with van der Waals surface area (Å²) < 4.78 is 2.07. The summed E-state index contributed by atoms with van der Waals surface area (Å²) in [5, 5.41) is 1.91.